The molecule has 1 fully saturated rings. The lowest BCUT2D eigenvalue weighted by Crippen LogP contribution is -2.36. The Hall–Kier alpha value is -3.50. The third-order valence-corrected chi connectivity index (χ3v) is 7.75. The lowest BCUT2D eigenvalue weighted by atomic mass is 10.0. The second-order valence-electron chi connectivity index (χ2n) is 10.9. The molecular weight excluding hydrogens is 499 g/mol. The quantitative estimate of drug-likeness (QED) is 0.319. The Bertz CT molecular complexity index is 1560. The largest absolute Gasteiger partial charge is 0.486 e. The summed E-state index contributed by atoms with van der Waals surface area (Å²) in [6.45, 7) is 4.87. The third kappa shape index (κ3) is 4.87. The molecule has 0 amide bonds. The Labute approximate surface area is 226 Å². The fourth-order valence-corrected chi connectivity index (χ4v) is 5.89. The smallest absolute Gasteiger partial charge is 0.329 e. The Morgan fingerprint density at radius 3 is 2.72 bits per heavy atom. The van der Waals surface area contributed by atoms with Gasteiger partial charge < -0.3 is 19.3 Å². The maximum absolute atomic E-state index is 15.7. The van der Waals surface area contributed by atoms with Crippen LogP contribution in [0.5, 0.6) is 11.6 Å². The van der Waals surface area contributed by atoms with Gasteiger partial charge in [0.05, 0.1) is 46.8 Å². The molecule has 0 saturated carbocycles. The fourth-order valence-electron chi connectivity index (χ4n) is 5.89. The van der Waals surface area contributed by atoms with E-state index >= 15 is 4.39 Å². The number of aromatic nitrogens is 4. The highest BCUT2D eigenvalue weighted by Gasteiger charge is 2.30. The van der Waals surface area contributed by atoms with Crippen LogP contribution in [0.15, 0.2) is 35.4 Å². The minimum Gasteiger partial charge on any atom is -0.486 e. The Morgan fingerprint density at radius 2 is 1.97 bits per heavy atom. The van der Waals surface area contributed by atoms with Crippen molar-refractivity contribution in [2.45, 2.75) is 38.3 Å². The zero-order chi connectivity index (χ0) is 27.1. The summed E-state index contributed by atoms with van der Waals surface area (Å²) in [5.41, 5.74) is 2.60. The summed E-state index contributed by atoms with van der Waals surface area (Å²) in [6, 6.07) is 5.00. The SMILES string of the molecule is CN(C)C[C@H]1Cn2c(=O)n(C)c3cnc4cc(F)c(-c5ccc(OCCCN6CCCCC6)nc5)c(c4c32)O1. The number of pyridine rings is 2. The van der Waals surface area contributed by atoms with E-state index in [0.717, 1.165) is 13.0 Å². The van der Waals surface area contributed by atoms with Crippen LogP contribution in [0.4, 0.5) is 4.39 Å². The second-order valence-corrected chi connectivity index (χ2v) is 10.9. The molecule has 2 aliphatic heterocycles. The molecule has 0 aliphatic carbocycles. The number of nitrogens with zero attached hydrogens (tertiary/aromatic N) is 6. The minimum absolute atomic E-state index is 0.145. The van der Waals surface area contributed by atoms with Crippen LogP contribution in [0, 0.1) is 5.82 Å². The Balaban J connectivity index is 1.34. The molecule has 1 aromatic carbocycles. The van der Waals surface area contributed by atoms with Gasteiger partial charge in [-0.3, -0.25) is 14.1 Å². The van der Waals surface area contributed by atoms with Gasteiger partial charge in [-0.25, -0.2) is 14.2 Å². The molecule has 206 valence electrons. The molecule has 0 unspecified atom stereocenters. The molecule has 4 aromatic rings. The van der Waals surface area contributed by atoms with Crippen LogP contribution >= 0.6 is 0 Å². The van der Waals surface area contributed by atoms with Crippen molar-refractivity contribution in [1.82, 2.24) is 28.9 Å². The van der Waals surface area contributed by atoms with E-state index < -0.39 is 5.82 Å². The standard InChI is InChI=1S/C29H35FN6O3/c1-33(2)17-20-18-36-27-23(34(3)29(36)37)16-31-22-14-21(30)25(28(39-20)26(22)27)19-8-9-24(32-15-19)38-13-7-12-35-10-5-4-6-11-35/h8-9,14-16,20H,4-7,10-13,17-18H2,1-3H3/t20-/m0/s1. The molecule has 3 aromatic heterocycles. The van der Waals surface area contributed by atoms with Gasteiger partial charge in [0.25, 0.3) is 0 Å². The average Bonchev–Trinajstić information content (AvgIpc) is 3.05. The van der Waals surface area contributed by atoms with Crippen molar-refractivity contribution in [3.05, 3.63) is 46.9 Å². The lowest BCUT2D eigenvalue weighted by Gasteiger charge is -2.26. The number of hydrogen-bond donors (Lipinski definition) is 0. The van der Waals surface area contributed by atoms with Crippen LogP contribution in [0.3, 0.4) is 0 Å². The van der Waals surface area contributed by atoms with E-state index in [4.69, 9.17) is 9.47 Å². The number of benzene rings is 1. The number of likely N-dealkylation sites (N-methyl/N-ethyl adjacent to an activating group) is 1. The molecule has 0 bridgehead atoms. The first-order chi connectivity index (χ1) is 18.9. The molecule has 6 rings (SSSR count). The van der Waals surface area contributed by atoms with Gasteiger partial charge in [0, 0.05) is 44.0 Å². The van der Waals surface area contributed by atoms with Gasteiger partial charge in [-0.05, 0) is 52.5 Å². The van der Waals surface area contributed by atoms with Gasteiger partial charge in [0.15, 0.2) is 0 Å². The molecule has 0 spiro atoms. The van der Waals surface area contributed by atoms with Crippen LogP contribution in [0.25, 0.3) is 33.1 Å². The number of rotatable bonds is 8. The zero-order valence-electron chi connectivity index (χ0n) is 22.8. The van der Waals surface area contributed by atoms with Crippen molar-refractivity contribution in [3.63, 3.8) is 0 Å². The van der Waals surface area contributed by atoms with E-state index in [2.05, 4.69) is 14.9 Å². The molecule has 39 heavy (non-hydrogen) atoms. The number of halogens is 1. The summed E-state index contributed by atoms with van der Waals surface area (Å²) >= 11 is 0. The van der Waals surface area contributed by atoms with Gasteiger partial charge >= 0.3 is 5.69 Å². The van der Waals surface area contributed by atoms with Crippen LogP contribution in [-0.4, -0.2) is 81.9 Å². The van der Waals surface area contributed by atoms with E-state index in [1.165, 1.54) is 38.4 Å². The summed E-state index contributed by atoms with van der Waals surface area (Å²) in [6.07, 6.45) is 7.72. The molecule has 5 heterocycles. The van der Waals surface area contributed by atoms with Gasteiger partial charge in [0.2, 0.25) is 5.88 Å². The van der Waals surface area contributed by atoms with Gasteiger partial charge in [-0.15, -0.1) is 0 Å². The first kappa shape index (κ1) is 25.8. The van der Waals surface area contributed by atoms with E-state index in [-0.39, 0.29) is 11.8 Å². The summed E-state index contributed by atoms with van der Waals surface area (Å²) in [7, 11) is 5.63. The van der Waals surface area contributed by atoms with Crippen LogP contribution in [0.1, 0.15) is 25.7 Å². The number of piperidine rings is 1. The van der Waals surface area contributed by atoms with Crippen molar-refractivity contribution < 1.29 is 13.9 Å². The van der Waals surface area contributed by atoms with E-state index in [9.17, 15) is 4.79 Å². The number of aryl methyl sites for hydroxylation is 1. The van der Waals surface area contributed by atoms with Crippen LogP contribution in [0.2, 0.25) is 0 Å². The summed E-state index contributed by atoms with van der Waals surface area (Å²) in [5, 5.41) is 0.640. The maximum atomic E-state index is 15.7. The van der Waals surface area contributed by atoms with Gasteiger partial charge in [-0.1, -0.05) is 6.42 Å². The first-order valence-electron chi connectivity index (χ1n) is 13.7. The normalized spacial score (nSPS) is 17.7. The summed E-state index contributed by atoms with van der Waals surface area (Å²) in [4.78, 5) is 26.6. The van der Waals surface area contributed by atoms with Crippen molar-refractivity contribution in [3.8, 4) is 22.8 Å². The second kappa shape index (κ2) is 10.6. The Kier molecular flexibility index (Phi) is 6.99. The van der Waals surface area contributed by atoms with Crippen molar-refractivity contribution in [2.24, 2.45) is 7.05 Å². The monoisotopic (exact) mass is 534 g/mol. The van der Waals surface area contributed by atoms with Crippen LogP contribution < -0.4 is 15.2 Å². The maximum Gasteiger partial charge on any atom is 0.329 e. The average molecular weight is 535 g/mol. The first-order valence-corrected chi connectivity index (χ1v) is 13.7. The van der Waals surface area contributed by atoms with E-state index in [1.54, 1.807) is 34.6 Å². The third-order valence-electron chi connectivity index (χ3n) is 7.75. The van der Waals surface area contributed by atoms with E-state index in [1.807, 2.05) is 25.1 Å². The fraction of sp³-hybridized carbons (Fsp3) is 0.483. The van der Waals surface area contributed by atoms with E-state index in [0.29, 0.717) is 64.4 Å². The predicted molar refractivity (Wildman–Crippen MR) is 149 cm³/mol. The van der Waals surface area contributed by atoms with Crippen molar-refractivity contribution in [1.29, 1.82) is 0 Å². The minimum atomic E-state index is -0.448. The summed E-state index contributed by atoms with van der Waals surface area (Å²) in [5.74, 6) is 0.456. The molecule has 10 heteroatoms. The highest BCUT2D eigenvalue weighted by atomic mass is 19.1. The lowest BCUT2D eigenvalue weighted by molar-refractivity contribution is 0.147. The molecule has 9 nitrogen and oxygen atoms in total. The topological polar surface area (TPSA) is 77.7 Å². The highest BCUT2D eigenvalue weighted by molar-refractivity contribution is 6.09. The predicted octanol–water partition coefficient (Wildman–Crippen LogP) is 3.67. The van der Waals surface area contributed by atoms with Gasteiger partial charge in [-0.2, -0.15) is 0 Å². The van der Waals surface area contributed by atoms with Gasteiger partial charge in [0.1, 0.15) is 17.7 Å². The Morgan fingerprint density at radius 1 is 1.15 bits per heavy atom. The number of likely N-dealkylation sites (tertiary alicyclic amines) is 1. The number of ether oxygens (including phenoxy) is 2. The zero-order valence-corrected chi connectivity index (χ0v) is 22.8. The highest BCUT2D eigenvalue weighted by Crippen LogP contribution is 2.43. The van der Waals surface area contributed by atoms with Crippen molar-refractivity contribution in [2.75, 3.05) is 46.9 Å². The molecular formula is C29H35FN6O3. The molecule has 1 atom stereocenters. The molecule has 0 N–H and O–H groups in total. The molecule has 2 aliphatic rings. The van der Waals surface area contributed by atoms with Crippen LogP contribution in [-0.2, 0) is 13.6 Å². The summed E-state index contributed by atoms with van der Waals surface area (Å²) < 4.78 is 31.5. The molecule has 1 saturated heterocycles. The number of imidazole rings is 1. The molecule has 0 radical (unpaired) electrons. The van der Waals surface area contributed by atoms with Crippen molar-refractivity contribution >= 4 is 21.9 Å². The number of hydrogen-bond acceptors (Lipinski definition) is 7.